The summed E-state index contributed by atoms with van der Waals surface area (Å²) in [5.41, 5.74) is 0.281. The number of aliphatic hydroxyl groups is 1. The molecule has 16 heavy (non-hydrogen) atoms. The van der Waals surface area contributed by atoms with Gasteiger partial charge in [-0.2, -0.15) is 5.10 Å². The Morgan fingerprint density at radius 2 is 2.31 bits per heavy atom. The standard InChI is InChI=1S/C10H10FN3OS/c1-6(15)9-7(11)3-2-4-8(9)16-10-12-5-13-14-10/h2-6,15H,1H3,(H,12,13,14)/t6-/m1/s1. The number of aliphatic hydroxyl groups excluding tert-OH is 1. The van der Waals surface area contributed by atoms with E-state index in [1.165, 1.54) is 31.1 Å². The van der Waals surface area contributed by atoms with Crippen molar-refractivity contribution in [2.75, 3.05) is 0 Å². The van der Waals surface area contributed by atoms with Gasteiger partial charge in [-0.05, 0) is 30.8 Å². The number of aromatic amines is 1. The van der Waals surface area contributed by atoms with Crippen LogP contribution in [0.5, 0.6) is 0 Å². The Morgan fingerprint density at radius 3 is 2.94 bits per heavy atom. The predicted octanol–water partition coefficient (Wildman–Crippen LogP) is 2.15. The molecule has 6 heteroatoms. The maximum Gasteiger partial charge on any atom is 0.188 e. The molecule has 1 atom stereocenters. The zero-order valence-corrected chi connectivity index (χ0v) is 9.33. The number of aromatic nitrogens is 3. The van der Waals surface area contributed by atoms with Gasteiger partial charge in [0.25, 0.3) is 0 Å². The lowest BCUT2D eigenvalue weighted by atomic mass is 10.1. The summed E-state index contributed by atoms with van der Waals surface area (Å²) < 4.78 is 13.5. The number of hydrogen-bond donors (Lipinski definition) is 2. The number of rotatable bonds is 3. The van der Waals surface area contributed by atoms with Crippen LogP contribution in [0.3, 0.4) is 0 Å². The molecule has 0 unspecified atom stereocenters. The Morgan fingerprint density at radius 1 is 1.50 bits per heavy atom. The molecule has 0 bridgehead atoms. The molecule has 1 aromatic heterocycles. The van der Waals surface area contributed by atoms with Crippen molar-refractivity contribution in [1.29, 1.82) is 0 Å². The molecule has 0 aliphatic heterocycles. The van der Waals surface area contributed by atoms with Gasteiger partial charge in [0.05, 0.1) is 6.10 Å². The van der Waals surface area contributed by atoms with E-state index in [4.69, 9.17) is 0 Å². The number of nitrogens with zero attached hydrogens (tertiary/aromatic N) is 2. The molecule has 0 saturated carbocycles. The fourth-order valence-electron chi connectivity index (χ4n) is 1.36. The molecule has 0 aliphatic carbocycles. The van der Waals surface area contributed by atoms with Crippen molar-refractivity contribution in [3.05, 3.63) is 35.9 Å². The molecular weight excluding hydrogens is 229 g/mol. The first-order valence-corrected chi connectivity index (χ1v) is 5.50. The van der Waals surface area contributed by atoms with Crippen molar-refractivity contribution in [3.8, 4) is 0 Å². The third-order valence-corrected chi connectivity index (χ3v) is 3.00. The van der Waals surface area contributed by atoms with Gasteiger partial charge in [0.1, 0.15) is 12.1 Å². The quantitative estimate of drug-likeness (QED) is 0.861. The molecule has 0 spiro atoms. The number of H-pyrrole nitrogens is 1. The van der Waals surface area contributed by atoms with E-state index in [9.17, 15) is 9.50 Å². The second-order valence-electron chi connectivity index (χ2n) is 3.22. The van der Waals surface area contributed by atoms with Crippen LogP contribution in [0, 0.1) is 5.82 Å². The van der Waals surface area contributed by atoms with Crippen LogP contribution >= 0.6 is 11.8 Å². The molecule has 1 heterocycles. The summed E-state index contributed by atoms with van der Waals surface area (Å²) in [6.07, 6.45) is 0.524. The first kappa shape index (κ1) is 11.1. The lowest BCUT2D eigenvalue weighted by Crippen LogP contribution is -1.98. The Labute approximate surface area is 95.9 Å². The van der Waals surface area contributed by atoms with Crippen LogP contribution in [0.15, 0.2) is 34.6 Å². The SMILES string of the molecule is C[C@@H](O)c1c(F)cccc1Sc1ncn[nH]1. The van der Waals surface area contributed by atoms with Crippen molar-refractivity contribution in [1.82, 2.24) is 15.2 Å². The highest BCUT2D eigenvalue weighted by molar-refractivity contribution is 7.99. The minimum atomic E-state index is -0.855. The molecule has 2 rings (SSSR count). The van der Waals surface area contributed by atoms with E-state index >= 15 is 0 Å². The number of hydrogen-bond acceptors (Lipinski definition) is 4. The van der Waals surface area contributed by atoms with Gasteiger partial charge in [0.15, 0.2) is 5.16 Å². The average Bonchev–Trinajstić information content (AvgIpc) is 2.70. The molecule has 0 amide bonds. The number of benzene rings is 1. The van der Waals surface area contributed by atoms with E-state index < -0.39 is 11.9 Å². The van der Waals surface area contributed by atoms with Crippen molar-refractivity contribution in [2.45, 2.75) is 23.1 Å². The first-order valence-electron chi connectivity index (χ1n) is 4.68. The van der Waals surface area contributed by atoms with E-state index in [0.29, 0.717) is 10.1 Å². The predicted molar refractivity (Wildman–Crippen MR) is 57.5 cm³/mol. The van der Waals surface area contributed by atoms with E-state index in [2.05, 4.69) is 15.2 Å². The molecule has 0 saturated heterocycles. The number of nitrogens with one attached hydrogen (secondary N) is 1. The molecule has 2 N–H and O–H groups in total. The highest BCUT2D eigenvalue weighted by Gasteiger charge is 2.14. The van der Waals surface area contributed by atoms with E-state index in [0.717, 1.165) is 0 Å². The molecule has 4 nitrogen and oxygen atoms in total. The van der Waals surface area contributed by atoms with Crippen molar-refractivity contribution < 1.29 is 9.50 Å². The third kappa shape index (κ3) is 2.23. The Hall–Kier alpha value is -1.40. The Balaban J connectivity index is 2.37. The third-order valence-electron chi connectivity index (χ3n) is 2.03. The fourth-order valence-corrected chi connectivity index (χ4v) is 2.29. The van der Waals surface area contributed by atoms with Crippen LogP contribution in [-0.4, -0.2) is 20.3 Å². The summed E-state index contributed by atoms with van der Waals surface area (Å²) in [5, 5.41) is 16.4. The van der Waals surface area contributed by atoms with Crippen molar-refractivity contribution in [3.63, 3.8) is 0 Å². The van der Waals surface area contributed by atoms with E-state index in [1.807, 2.05) is 0 Å². The maximum absolute atomic E-state index is 13.5. The molecule has 0 radical (unpaired) electrons. The molecule has 0 aliphatic rings. The van der Waals surface area contributed by atoms with Gasteiger partial charge in [0.2, 0.25) is 0 Å². The van der Waals surface area contributed by atoms with Gasteiger partial charge < -0.3 is 5.11 Å². The van der Waals surface area contributed by atoms with Crippen LogP contribution in [0.2, 0.25) is 0 Å². The average molecular weight is 239 g/mol. The van der Waals surface area contributed by atoms with Gasteiger partial charge in [-0.15, -0.1) is 0 Å². The zero-order valence-electron chi connectivity index (χ0n) is 8.51. The number of halogens is 1. The molecular formula is C10H10FN3OS. The van der Waals surface area contributed by atoms with E-state index in [1.54, 1.807) is 12.1 Å². The summed E-state index contributed by atoms with van der Waals surface area (Å²) in [5.74, 6) is -0.417. The lowest BCUT2D eigenvalue weighted by Gasteiger charge is -2.11. The summed E-state index contributed by atoms with van der Waals surface area (Å²) >= 11 is 1.23. The fraction of sp³-hybridized carbons (Fsp3) is 0.200. The molecule has 84 valence electrons. The lowest BCUT2D eigenvalue weighted by molar-refractivity contribution is 0.191. The monoisotopic (exact) mass is 239 g/mol. The normalized spacial score (nSPS) is 12.7. The smallest absolute Gasteiger partial charge is 0.188 e. The van der Waals surface area contributed by atoms with Crippen molar-refractivity contribution >= 4 is 11.8 Å². The summed E-state index contributed by atoms with van der Waals surface area (Å²) in [4.78, 5) is 4.57. The van der Waals surface area contributed by atoms with Gasteiger partial charge in [-0.3, -0.25) is 5.10 Å². The van der Waals surface area contributed by atoms with Gasteiger partial charge in [0, 0.05) is 10.5 Å². The van der Waals surface area contributed by atoms with Crippen LogP contribution in [0.1, 0.15) is 18.6 Å². The van der Waals surface area contributed by atoms with Gasteiger partial charge in [-0.25, -0.2) is 9.37 Å². The summed E-state index contributed by atoms with van der Waals surface area (Å²) in [6, 6.07) is 4.66. The second kappa shape index (κ2) is 4.63. The summed E-state index contributed by atoms with van der Waals surface area (Å²) in [7, 11) is 0. The molecule has 1 aromatic carbocycles. The van der Waals surface area contributed by atoms with Crippen LogP contribution in [-0.2, 0) is 0 Å². The highest BCUT2D eigenvalue weighted by atomic mass is 32.2. The first-order chi connectivity index (χ1) is 7.68. The molecule has 2 aromatic rings. The largest absolute Gasteiger partial charge is 0.389 e. The minimum Gasteiger partial charge on any atom is -0.389 e. The Kier molecular flexibility index (Phi) is 3.21. The van der Waals surface area contributed by atoms with Crippen LogP contribution in [0.4, 0.5) is 4.39 Å². The van der Waals surface area contributed by atoms with Gasteiger partial charge >= 0.3 is 0 Å². The summed E-state index contributed by atoms with van der Waals surface area (Å²) in [6.45, 7) is 1.53. The van der Waals surface area contributed by atoms with Crippen LogP contribution < -0.4 is 0 Å². The maximum atomic E-state index is 13.5. The molecule has 0 fully saturated rings. The Bertz CT molecular complexity index is 473. The van der Waals surface area contributed by atoms with Crippen molar-refractivity contribution in [2.24, 2.45) is 0 Å². The topological polar surface area (TPSA) is 61.8 Å². The van der Waals surface area contributed by atoms with E-state index in [-0.39, 0.29) is 5.56 Å². The van der Waals surface area contributed by atoms with Crippen LogP contribution in [0.25, 0.3) is 0 Å². The minimum absolute atomic E-state index is 0.281. The highest BCUT2D eigenvalue weighted by Crippen LogP contribution is 2.32. The van der Waals surface area contributed by atoms with Gasteiger partial charge in [-0.1, -0.05) is 6.07 Å². The second-order valence-corrected chi connectivity index (χ2v) is 4.25. The zero-order chi connectivity index (χ0) is 11.5.